The minimum absolute atomic E-state index is 0.221. The molecule has 0 bridgehead atoms. The van der Waals surface area contributed by atoms with Crippen molar-refractivity contribution in [3.05, 3.63) is 132 Å². The minimum atomic E-state index is -5.06. The standard InChI is InChI=1S/C25H25ClN6O3.C22H16ClF3N6O2.C2HF3O.C2H6/c1-25(2,3)35-24(34)29-14-21(33)30-15-7-6-8-16(11-15)31-23-28-13-19(26)22(32-23)18-12-27-20-10-5-4-9-17(18)20;23-16-10-29-21(32-19(16)15-9-27-17-7-2-1-6-14(15)17)31-13-5-3-4-12(8-13)30-18(33)11-28-20(34)22(24,25)26;3-2(4,5)1-6;1-2/h4-13,27H,14H2,1-3H3,(H,29,34)(H,30,33)(H,28,31,32);1-10,27H,11H2,(H,28,34)(H,30,33)(H,29,31,32);1H;1-2H3/i;;;1D. The van der Waals surface area contributed by atoms with Crippen LogP contribution in [0.15, 0.2) is 122 Å². The summed E-state index contributed by atoms with van der Waals surface area (Å²) >= 11 is 12.7. The third kappa shape index (κ3) is 18.2. The maximum atomic E-state index is 12.2. The summed E-state index contributed by atoms with van der Waals surface area (Å²) in [6.45, 7) is 6.49. The molecule has 0 aliphatic carbocycles. The molecule has 0 spiro atoms. The van der Waals surface area contributed by atoms with Gasteiger partial charge >= 0.3 is 24.4 Å². The van der Waals surface area contributed by atoms with Crippen LogP contribution in [0.4, 0.5) is 65.8 Å². The Balaban J connectivity index is 0.000000249. The van der Waals surface area contributed by atoms with Crippen LogP contribution in [-0.4, -0.2) is 91.0 Å². The summed E-state index contributed by atoms with van der Waals surface area (Å²) in [4.78, 5) is 79.3. The number of carbonyl (C=O) groups is 5. The summed E-state index contributed by atoms with van der Waals surface area (Å²) in [6, 6.07) is 29.0. The molecule has 0 aliphatic rings. The van der Waals surface area contributed by atoms with Gasteiger partial charge in [0.1, 0.15) is 12.1 Å². The molecule has 0 unspecified atom stereocenters. The number of ether oxygens (including phenoxy) is 1. The highest BCUT2D eigenvalue weighted by Gasteiger charge is 2.38. The predicted molar refractivity (Wildman–Crippen MR) is 282 cm³/mol. The molecule has 4 aromatic heterocycles. The molecule has 4 amide bonds. The second kappa shape index (κ2) is 26.6. The second-order valence-corrected chi connectivity index (χ2v) is 17.3. The van der Waals surface area contributed by atoms with Crippen LogP contribution >= 0.6 is 23.2 Å². The highest BCUT2D eigenvalue weighted by atomic mass is 35.5. The molecular formula is C51H48Cl2F6N12O6. The average Bonchev–Trinajstić information content (AvgIpc) is 4.05. The Labute approximate surface area is 446 Å². The van der Waals surface area contributed by atoms with E-state index in [1.165, 1.54) is 23.6 Å². The number of hydrogen-bond acceptors (Lipinski definition) is 12. The molecule has 0 fully saturated rings. The SMILES string of the molecule is CC(C)(C)OC(=O)NCC(=O)Nc1cccc(Nc2ncc(Cl)c(-c3c[nH]c4ccccc34)n2)c1.O=C(CNC(=O)C(F)(F)F)Nc1cccc(Nc2ncc(Cl)c(-c3c[nH]c4ccccc34)n2)c1.O=CC(F)(F)F.[2H]CC. The lowest BCUT2D eigenvalue weighted by atomic mass is 10.1. The Morgan fingerprint density at radius 3 is 1.45 bits per heavy atom. The van der Waals surface area contributed by atoms with Gasteiger partial charge in [0.2, 0.25) is 30.0 Å². The normalized spacial score (nSPS) is 11.2. The van der Waals surface area contributed by atoms with Crippen molar-refractivity contribution < 1.29 is 56.4 Å². The molecule has 0 saturated carbocycles. The van der Waals surface area contributed by atoms with Gasteiger partial charge in [-0.1, -0.05) is 85.6 Å². The molecule has 77 heavy (non-hydrogen) atoms. The van der Waals surface area contributed by atoms with Gasteiger partial charge in [0.05, 0.1) is 40.4 Å². The van der Waals surface area contributed by atoms with E-state index in [9.17, 15) is 45.5 Å². The van der Waals surface area contributed by atoms with E-state index in [2.05, 4.69) is 56.5 Å². The number of alkyl halides is 6. The first-order valence-electron chi connectivity index (χ1n) is 23.2. The van der Waals surface area contributed by atoms with Crippen LogP contribution in [0, 0.1) is 0 Å². The van der Waals surface area contributed by atoms with E-state index in [0.29, 0.717) is 57.0 Å². The number of rotatable bonds is 12. The van der Waals surface area contributed by atoms with E-state index in [-0.39, 0.29) is 12.5 Å². The third-order valence-electron chi connectivity index (χ3n) is 9.57. The van der Waals surface area contributed by atoms with E-state index in [0.717, 1.165) is 32.9 Å². The van der Waals surface area contributed by atoms with Gasteiger partial charge in [0.15, 0.2) is 0 Å². The van der Waals surface area contributed by atoms with Crippen molar-refractivity contribution in [3.63, 3.8) is 0 Å². The Kier molecular flexibility index (Phi) is 19.9. The van der Waals surface area contributed by atoms with Crippen molar-refractivity contribution in [1.29, 1.82) is 0 Å². The lowest BCUT2D eigenvalue weighted by Crippen LogP contribution is -2.41. The van der Waals surface area contributed by atoms with Crippen LogP contribution < -0.4 is 31.9 Å². The summed E-state index contributed by atoms with van der Waals surface area (Å²) in [6.07, 6.45) is -4.75. The number of benzene rings is 4. The highest BCUT2D eigenvalue weighted by molar-refractivity contribution is 6.33. The Bertz CT molecular complexity index is 3370. The van der Waals surface area contributed by atoms with Crippen LogP contribution in [0.1, 0.15) is 36.0 Å². The maximum Gasteiger partial charge on any atom is 0.471 e. The molecule has 0 atom stereocenters. The van der Waals surface area contributed by atoms with Gasteiger partial charge in [-0.05, 0) is 69.3 Å². The minimum Gasteiger partial charge on any atom is -0.444 e. The van der Waals surface area contributed by atoms with Crippen molar-refractivity contribution in [2.45, 2.75) is 52.5 Å². The van der Waals surface area contributed by atoms with Gasteiger partial charge in [-0.15, -0.1) is 0 Å². The number of nitrogens with one attached hydrogen (secondary N) is 8. The van der Waals surface area contributed by atoms with E-state index in [1.807, 2.05) is 60.8 Å². The molecule has 8 rings (SSSR count). The summed E-state index contributed by atoms with van der Waals surface area (Å²) in [7, 11) is 0. The van der Waals surface area contributed by atoms with Crippen LogP contribution in [0.3, 0.4) is 0 Å². The predicted octanol–water partition coefficient (Wildman–Crippen LogP) is 11.9. The van der Waals surface area contributed by atoms with Crippen molar-refractivity contribution >= 4 is 110 Å². The molecule has 26 heteroatoms. The molecule has 8 aromatic rings. The number of H-pyrrole nitrogens is 2. The Morgan fingerprint density at radius 2 is 1.05 bits per heavy atom. The number of para-hydroxylation sites is 2. The Hall–Kier alpha value is -8.77. The average molecular weight is 1110 g/mol. The number of carbonyl (C=O) groups excluding carboxylic acids is 5. The first kappa shape index (κ1) is 57.5. The fraction of sp³-hybridized carbons (Fsp3) is 0.196. The first-order valence-corrected chi connectivity index (χ1v) is 23.3. The first-order chi connectivity index (χ1) is 36.9. The van der Waals surface area contributed by atoms with Crippen molar-refractivity contribution in [2.24, 2.45) is 0 Å². The smallest absolute Gasteiger partial charge is 0.444 e. The van der Waals surface area contributed by atoms with Gasteiger partial charge in [-0.3, -0.25) is 19.2 Å². The number of aromatic nitrogens is 6. The molecule has 0 radical (unpaired) electrons. The lowest BCUT2D eigenvalue weighted by molar-refractivity contribution is -0.173. The van der Waals surface area contributed by atoms with Gasteiger partial charge in [0.25, 0.3) is 0 Å². The monoisotopic (exact) mass is 1110 g/mol. The number of aldehydes is 1. The molecule has 0 aliphatic heterocycles. The van der Waals surface area contributed by atoms with Gasteiger partial charge in [-0.2, -0.15) is 26.3 Å². The van der Waals surface area contributed by atoms with Crippen LogP contribution in [0.2, 0.25) is 10.0 Å². The summed E-state index contributed by atoms with van der Waals surface area (Å²) in [5, 5.41) is 18.0. The molecule has 404 valence electrons. The quantitative estimate of drug-likeness (QED) is 0.0420. The zero-order valence-corrected chi connectivity index (χ0v) is 42.5. The maximum absolute atomic E-state index is 12.2. The van der Waals surface area contributed by atoms with Crippen molar-refractivity contribution in [1.82, 2.24) is 40.5 Å². The van der Waals surface area contributed by atoms with E-state index in [4.69, 9.17) is 34.1 Å². The number of halogens is 8. The number of nitrogens with zero attached hydrogens (tertiary/aromatic N) is 4. The number of hydrogen-bond donors (Lipinski definition) is 8. The van der Waals surface area contributed by atoms with Gasteiger partial charge in [0, 0.05) is 69.4 Å². The lowest BCUT2D eigenvalue weighted by Gasteiger charge is -2.19. The van der Waals surface area contributed by atoms with E-state index < -0.39 is 54.6 Å². The molecule has 18 nitrogen and oxygen atoms in total. The van der Waals surface area contributed by atoms with Gasteiger partial charge in [-0.25, -0.2) is 24.7 Å². The van der Waals surface area contributed by atoms with Crippen LogP contribution in [-0.2, 0) is 23.9 Å². The summed E-state index contributed by atoms with van der Waals surface area (Å²) in [5.41, 5.74) is 6.05. The highest BCUT2D eigenvalue weighted by Crippen LogP contribution is 2.34. The molecule has 4 heterocycles. The van der Waals surface area contributed by atoms with E-state index >= 15 is 0 Å². The van der Waals surface area contributed by atoms with E-state index in [1.54, 1.807) is 70.4 Å². The fourth-order valence-electron chi connectivity index (χ4n) is 6.51. The summed E-state index contributed by atoms with van der Waals surface area (Å²) < 4.78 is 79.3. The number of amides is 4. The second-order valence-electron chi connectivity index (χ2n) is 16.5. The topological polar surface area (TPSA) is 250 Å². The fourth-order valence-corrected chi connectivity index (χ4v) is 6.90. The molecule has 4 aromatic carbocycles. The van der Waals surface area contributed by atoms with Crippen LogP contribution in [0.25, 0.3) is 44.3 Å². The van der Waals surface area contributed by atoms with Crippen molar-refractivity contribution in [2.75, 3.05) is 34.4 Å². The molecule has 8 N–H and O–H groups in total. The van der Waals surface area contributed by atoms with Crippen LogP contribution in [0.5, 0.6) is 0 Å². The summed E-state index contributed by atoms with van der Waals surface area (Å²) in [5.74, 6) is -2.81. The van der Waals surface area contributed by atoms with Gasteiger partial charge < -0.3 is 46.6 Å². The number of fused-ring (bicyclic) bond motifs is 2. The third-order valence-corrected chi connectivity index (χ3v) is 10.1. The molecule has 0 saturated heterocycles. The largest absolute Gasteiger partial charge is 0.471 e. The number of alkyl carbamates (subject to hydrolysis) is 1. The van der Waals surface area contributed by atoms with Crippen molar-refractivity contribution in [3.8, 4) is 22.5 Å². The zero-order chi connectivity index (χ0) is 57.2. The molecular weight excluding hydrogens is 1060 g/mol. The Morgan fingerprint density at radius 1 is 0.649 bits per heavy atom. The number of anilines is 6. The number of aromatic amines is 2. The zero-order valence-electron chi connectivity index (χ0n) is 42.0.